The number of Topliss-reactive ketones (excluding diaryl/α,β-unsaturated/α-hetero) is 2. The molecular weight excluding hydrogens is 404 g/mol. The highest BCUT2D eigenvalue weighted by molar-refractivity contribution is 6.22. The van der Waals surface area contributed by atoms with E-state index >= 15 is 0 Å². The van der Waals surface area contributed by atoms with Crippen molar-refractivity contribution in [2.45, 2.75) is 13.3 Å². The Bertz CT molecular complexity index is 1580. The first kappa shape index (κ1) is 17.7. The van der Waals surface area contributed by atoms with Crippen molar-refractivity contribution >= 4 is 22.7 Å². The van der Waals surface area contributed by atoms with Gasteiger partial charge in [-0.2, -0.15) is 0 Å². The van der Waals surface area contributed by atoms with Crippen molar-refractivity contribution in [1.29, 1.82) is 0 Å². The minimum absolute atomic E-state index is 0.104. The third-order valence-electron chi connectivity index (χ3n) is 8.37. The van der Waals surface area contributed by atoms with Gasteiger partial charge in [0.15, 0.2) is 11.6 Å². The number of hydrogen-bond acceptors (Lipinski definition) is 2. The van der Waals surface area contributed by atoms with Gasteiger partial charge in [0.1, 0.15) is 0 Å². The molecule has 3 atom stereocenters. The second kappa shape index (κ2) is 5.77. The highest BCUT2D eigenvalue weighted by Crippen LogP contribution is 2.61. The minimum atomic E-state index is 0.104. The van der Waals surface area contributed by atoms with Crippen LogP contribution in [0.1, 0.15) is 45.2 Å². The van der Waals surface area contributed by atoms with E-state index in [1.165, 1.54) is 22.3 Å². The molecule has 0 bridgehead atoms. The number of rotatable bonds is 0. The van der Waals surface area contributed by atoms with Gasteiger partial charge in [-0.15, -0.1) is 0 Å². The van der Waals surface area contributed by atoms with Crippen LogP contribution >= 0.6 is 0 Å². The molecule has 2 nitrogen and oxygen atoms in total. The fourth-order valence-corrected chi connectivity index (χ4v) is 7.02. The maximum atomic E-state index is 13.6. The molecule has 6 aliphatic rings. The van der Waals surface area contributed by atoms with Crippen molar-refractivity contribution in [3.05, 3.63) is 129 Å². The Morgan fingerprint density at radius 3 is 2.21 bits per heavy atom. The Hall–Kier alpha value is -3.78. The molecule has 0 aromatic heterocycles. The number of allylic oxidation sites excluding steroid dienone is 12. The lowest BCUT2D eigenvalue weighted by molar-refractivity contribution is 0.102. The number of benzene rings is 2. The molecule has 0 saturated carbocycles. The summed E-state index contributed by atoms with van der Waals surface area (Å²) >= 11 is 0. The average Bonchev–Trinajstić information content (AvgIpc) is 2.85. The first-order valence-electron chi connectivity index (χ1n) is 11.8. The van der Waals surface area contributed by atoms with E-state index in [1.807, 2.05) is 42.5 Å². The molecule has 0 amide bonds. The highest BCUT2D eigenvalue weighted by atomic mass is 16.1. The van der Waals surface area contributed by atoms with E-state index in [0.717, 1.165) is 51.0 Å². The van der Waals surface area contributed by atoms with Crippen LogP contribution in [0.15, 0.2) is 106 Å². The molecule has 6 aliphatic carbocycles. The predicted molar refractivity (Wildman–Crippen MR) is 128 cm³/mol. The highest BCUT2D eigenvalue weighted by Gasteiger charge is 2.49. The standard InChI is InChI=1S/C31H20O2/c1-15-12-25-28-23(17-6-2-5-9-20(17)31(25)33)13-16-10-11-21-27-24(14-22(15)29(28)26(16)27)18-7-3-4-8-19(18)30(21)32/h2-11,13-16,26H,12H2,1H3. The van der Waals surface area contributed by atoms with E-state index in [4.69, 9.17) is 0 Å². The van der Waals surface area contributed by atoms with E-state index in [2.05, 4.69) is 37.3 Å². The van der Waals surface area contributed by atoms with Crippen LogP contribution in [-0.4, -0.2) is 11.6 Å². The number of carbonyl (C=O) groups excluding carboxylic acids is 2. The Morgan fingerprint density at radius 2 is 1.45 bits per heavy atom. The average molecular weight is 424 g/mol. The second-order valence-corrected chi connectivity index (χ2v) is 9.96. The van der Waals surface area contributed by atoms with Crippen molar-refractivity contribution in [3.8, 4) is 0 Å². The maximum absolute atomic E-state index is 13.6. The predicted octanol–water partition coefficient (Wildman–Crippen LogP) is 6.31. The second-order valence-electron chi connectivity index (χ2n) is 9.96. The molecule has 0 aliphatic heterocycles. The fraction of sp³-hybridized carbons (Fsp3) is 0.161. The molecule has 156 valence electrons. The van der Waals surface area contributed by atoms with Crippen LogP contribution in [-0.2, 0) is 0 Å². The summed E-state index contributed by atoms with van der Waals surface area (Å²) < 4.78 is 0. The van der Waals surface area contributed by atoms with Crippen LogP contribution in [0.5, 0.6) is 0 Å². The summed E-state index contributed by atoms with van der Waals surface area (Å²) in [7, 11) is 0. The van der Waals surface area contributed by atoms with Crippen molar-refractivity contribution in [2.75, 3.05) is 0 Å². The zero-order valence-corrected chi connectivity index (χ0v) is 18.2. The Balaban J connectivity index is 1.50. The van der Waals surface area contributed by atoms with Gasteiger partial charge in [-0.25, -0.2) is 0 Å². The van der Waals surface area contributed by atoms with Crippen LogP contribution in [0.3, 0.4) is 0 Å². The third kappa shape index (κ3) is 1.97. The minimum Gasteiger partial charge on any atom is -0.289 e. The normalized spacial score (nSPS) is 27.7. The van der Waals surface area contributed by atoms with Crippen molar-refractivity contribution in [2.24, 2.45) is 17.8 Å². The van der Waals surface area contributed by atoms with Gasteiger partial charge >= 0.3 is 0 Å². The van der Waals surface area contributed by atoms with Crippen molar-refractivity contribution < 1.29 is 9.59 Å². The quantitative estimate of drug-likeness (QED) is 0.497. The maximum Gasteiger partial charge on any atom is 0.193 e. The lowest BCUT2D eigenvalue weighted by Gasteiger charge is -2.48. The molecule has 33 heavy (non-hydrogen) atoms. The van der Waals surface area contributed by atoms with Crippen LogP contribution in [0.25, 0.3) is 11.1 Å². The lowest BCUT2D eigenvalue weighted by atomic mass is 9.55. The smallest absolute Gasteiger partial charge is 0.193 e. The third-order valence-corrected chi connectivity index (χ3v) is 8.37. The number of hydrogen-bond donors (Lipinski definition) is 0. The number of carbonyl (C=O) groups is 2. The van der Waals surface area contributed by atoms with Gasteiger partial charge in [0, 0.05) is 34.1 Å². The largest absolute Gasteiger partial charge is 0.289 e. The molecule has 0 saturated heterocycles. The zero-order valence-electron chi connectivity index (χ0n) is 18.2. The van der Waals surface area contributed by atoms with Gasteiger partial charge in [-0.05, 0) is 56.9 Å². The summed E-state index contributed by atoms with van der Waals surface area (Å²) in [6.45, 7) is 2.25. The summed E-state index contributed by atoms with van der Waals surface area (Å²) in [6, 6.07) is 16.1. The lowest BCUT2D eigenvalue weighted by Crippen LogP contribution is -2.37. The monoisotopic (exact) mass is 424 g/mol. The van der Waals surface area contributed by atoms with Crippen LogP contribution in [0.4, 0.5) is 0 Å². The van der Waals surface area contributed by atoms with E-state index < -0.39 is 0 Å². The summed E-state index contributed by atoms with van der Waals surface area (Å²) in [5.41, 5.74) is 12.9. The summed E-state index contributed by atoms with van der Waals surface area (Å²) in [5, 5.41) is 0. The Morgan fingerprint density at radius 1 is 0.788 bits per heavy atom. The van der Waals surface area contributed by atoms with E-state index in [0.29, 0.717) is 0 Å². The van der Waals surface area contributed by atoms with Crippen LogP contribution in [0.2, 0.25) is 0 Å². The Kier molecular flexibility index (Phi) is 3.10. The number of fused-ring (bicyclic) bond motifs is 4. The SMILES string of the molecule is CC1CC2=C3C(=CC4C=CC5=C6C(=CC1=C3C64)c1ccccc1C5=O)c1ccccc1C2=O. The van der Waals surface area contributed by atoms with E-state index in [9.17, 15) is 9.59 Å². The molecule has 0 radical (unpaired) electrons. The van der Waals surface area contributed by atoms with E-state index in [1.54, 1.807) is 0 Å². The van der Waals surface area contributed by atoms with Gasteiger partial charge < -0.3 is 0 Å². The summed E-state index contributed by atoms with van der Waals surface area (Å²) in [4.78, 5) is 27.1. The fourth-order valence-electron chi connectivity index (χ4n) is 7.02. The van der Waals surface area contributed by atoms with E-state index in [-0.39, 0.29) is 29.3 Å². The number of ketones is 2. The Labute approximate surface area is 192 Å². The molecule has 3 unspecified atom stereocenters. The molecule has 2 heteroatoms. The van der Waals surface area contributed by atoms with Crippen molar-refractivity contribution in [3.63, 3.8) is 0 Å². The summed E-state index contributed by atoms with van der Waals surface area (Å²) in [6.07, 6.45) is 9.72. The molecule has 0 fully saturated rings. The van der Waals surface area contributed by atoms with Gasteiger partial charge in [0.2, 0.25) is 0 Å². The van der Waals surface area contributed by atoms with Crippen LogP contribution < -0.4 is 0 Å². The topological polar surface area (TPSA) is 34.1 Å². The molecule has 2 aromatic carbocycles. The molecule has 2 aromatic rings. The zero-order chi connectivity index (χ0) is 22.0. The van der Waals surface area contributed by atoms with Crippen molar-refractivity contribution in [1.82, 2.24) is 0 Å². The van der Waals surface area contributed by atoms with Gasteiger partial charge in [0.25, 0.3) is 0 Å². The van der Waals surface area contributed by atoms with Crippen LogP contribution in [0, 0.1) is 17.8 Å². The first-order chi connectivity index (χ1) is 16.1. The first-order valence-corrected chi connectivity index (χ1v) is 11.8. The molecular formula is C31H20O2. The molecule has 0 N–H and O–H groups in total. The molecule has 0 spiro atoms. The van der Waals surface area contributed by atoms with Gasteiger partial charge in [-0.1, -0.05) is 79.8 Å². The van der Waals surface area contributed by atoms with Gasteiger partial charge in [-0.3, -0.25) is 9.59 Å². The molecule has 8 rings (SSSR count). The summed E-state index contributed by atoms with van der Waals surface area (Å²) in [5.74, 6) is 0.847. The molecule has 0 heterocycles. The van der Waals surface area contributed by atoms with Gasteiger partial charge in [0.05, 0.1) is 0 Å².